The quantitative estimate of drug-likeness (QED) is 0.729. The van der Waals surface area contributed by atoms with Crippen molar-refractivity contribution >= 4 is 10.0 Å². The number of rotatable bonds is 8. The van der Waals surface area contributed by atoms with E-state index in [0.29, 0.717) is 26.2 Å². The van der Waals surface area contributed by atoms with Crippen LogP contribution in [-0.2, 0) is 27.8 Å². The summed E-state index contributed by atoms with van der Waals surface area (Å²) in [5, 5.41) is 7.25. The summed E-state index contributed by atoms with van der Waals surface area (Å²) in [6.07, 6.45) is 1.87. The third-order valence-corrected chi connectivity index (χ3v) is 6.01. The zero-order valence-electron chi connectivity index (χ0n) is 15.1. The van der Waals surface area contributed by atoms with Crippen LogP contribution in [-0.4, -0.2) is 32.8 Å². The van der Waals surface area contributed by atoms with Gasteiger partial charge in [0.1, 0.15) is 5.76 Å². The Morgan fingerprint density at radius 3 is 2.58 bits per heavy atom. The molecule has 1 saturated heterocycles. The first-order valence-corrected chi connectivity index (χ1v) is 10.3. The van der Waals surface area contributed by atoms with Crippen molar-refractivity contribution in [2.75, 3.05) is 13.2 Å². The zero-order valence-corrected chi connectivity index (χ0v) is 15.9. The van der Waals surface area contributed by atoms with Crippen LogP contribution in [0.15, 0.2) is 33.7 Å². The highest BCUT2D eigenvalue weighted by molar-refractivity contribution is 7.89. The summed E-state index contributed by atoms with van der Waals surface area (Å²) >= 11 is 0. The normalized spacial score (nSPS) is 17.7. The van der Waals surface area contributed by atoms with Crippen LogP contribution in [0.1, 0.15) is 35.4 Å². The van der Waals surface area contributed by atoms with Crippen LogP contribution < -0.4 is 10.0 Å². The highest BCUT2D eigenvalue weighted by Gasteiger charge is 2.20. The van der Waals surface area contributed by atoms with Gasteiger partial charge in [-0.2, -0.15) is 0 Å². The van der Waals surface area contributed by atoms with Gasteiger partial charge in [0, 0.05) is 31.8 Å². The maximum absolute atomic E-state index is 12.3. The summed E-state index contributed by atoms with van der Waals surface area (Å²) in [6.45, 7) is 6.13. The van der Waals surface area contributed by atoms with E-state index in [-0.39, 0.29) is 11.0 Å². The summed E-state index contributed by atoms with van der Waals surface area (Å²) < 4.78 is 37.9. The van der Waals surface area contributed by atoms with E-state index in [4.69, 9.17) is 9.26 Å². The Hall–Kier alpha value is -1.74. The molecule has 0 saturated carbocycles. The lowest BCUT2D eigenvalue weighted by Crippen LogP contribution is -2.31. The molecule has 0 bridgehead atoms. The van der Waals surface area contributed by atoms with Gasteiger partial charge in [-0.3, -0.25) is 0 Å². The summed E-state index contributed by atoms with van der Waals surface area (Å²) in [6, 6.07) is 6.90. The second-order valence-corrected chi connectivity index (χ2v) is 8.30. The molecule has 1 fully saturated rings. The monoisotopic (exact) mass is 379 g/mol. The van der Waals surface area contributed by atoms with Gasteiger partial charge in [-0.15, -0.1) is 0 Å². The average molecular weight is 379 g/mol. The van der Waals surface area contributed by atoms with Gasteiger partial charge in [0.05, 0.1) is 16.7 Å². The molecule has 0 aliphatic carbocycles. The highest BCUT2D eigenvalue weighted by atomic mass is 32.2. The van der Waals surface area contributed by atoms with E-state index in [2.05, 4.69) is 15.2 Å². The van der Waals surface area contributed by atoms with Crippen LogP contribution in [0.25, 0.3) is 0 Å². The Morgan fingerprint density at radius 1 is 1.19 bits per heavy atom. The third kappa shape index (κ3) is 4.70. The van der Waals surface area contributed by atoms with Crippen LogP contribution in [0.3, 0.4) is 0 Å². The van der Waals surface area contributed by atoms with Gasteiger partial charge in [0.2, 0.25) is 10.0 Å². The molecule has 2 N–H and O–H groups in total. The lowest BCUT2D eigenvalue weighted by atomic mass is 10.2. The molecule has 1 unspecified atom stereocenters. The standard InChI is InChI=1S/C18H25N3O4S/c1-13-18(14(2)25-21-13)12-19-10-15-5-7-17(8-6-15)26(22,23)20-11-16-4-3-9-24-16/h5-8,16,19-20H,3-4,9-12H2,1-2H3. The van der Waals surface area contributed by atoms with Crippen molar-refractivity contribution in [2.24, 2.45) is 0 Å². The second kappa shape index (κ2) is 8.30. The maximum Gasteiger partial charge on any atom is 0.240 e. The average Bonchev–Trinajstić information content (AvgIpc) is 3.25. The Kier molecular flexibility index (Phi) is 6.08. The van der Waals surface area contributed by atoms with Gasteiger partial charge < -0.3 is 14.6 Å². The minimum atomic E-state index is -3.50. The SMILES string of the molecule is Cc1noc(C)c1CNCc1ccc(S(=O)(=O)NCC2CCCO2)cc1. The number of aromatic nitrogens is 1. The maximum atomic E-state index is 12.3. The molecule has 1 aliphatic rings. The molecule has 0 spiro atoms. The van der Waals surface area contributed by atoms with Crippen molar-refractivity contribution in [1.29, 1.82) is 0 Å². The summed E-state index contributed by atoms with van der Waals surface area (Å²) in [7, 11) is -3.50. The van der Waals surface area contributed by atoms with Crippen LogP contribution in [0.5, 0.6) is 0 Å². The lowest BCUT2D eigenvalue weighted by Gasteiger charge is -2.12. The van der Waals surface area contributed by atoms with Crippen LogP contribution in [0, 0.1) is 13.8 Å². The summed E-state index contributed by atoms with van der Waals surface area (Å²) in [5.41, 5.74) is 2.95. The fraction of sp³-hybridized carbons (Fsp3) is 0.500. The first-order valence-electron chi connectivity index (χ1n) is 8.78. The van der Waals surface area contributed by atoms with E-state index in [9.17, 15) is 8.42 Å². The molecule has 142 valence electrons. The minimum Gasteiger partial charge on any atom is -0.377 e. The smallest absolute Gasteiger partial charge is 0.240 e. The Balaban J connectivity index is 1.52. The molecule has 1 atom stereocenters. The van der Waals surface area contributed by atoms with Crippen molar-refractivity contribution < 1.29 is 17.7 Å². The van der Waals surface area contributed by atoms with Gasteiger partial charge in [0.15, 0.2) is 0 Å². The fourth-order valence-corrected chi connectivity index (χ4v) is 4.03. The predicted molar refractivity (Wildman–Crippen MR) is 97.1 cm³/mol. The van der Waals surface area contributed by atoms with Gasteiger partial charge in [-0.25, -0.2) is 13.1 Å². The molecule has 1 aromatic heterocycles. The molecule has 0 radical (unpaired) electrons. The van der Waals surface area contributed by atoms with Gasteiger partial charge in [-0.1, -0.05) is 17.3 Å². The molecular weight excluding hydrogens is 354 g/mol. The van der Waals surface area contributed by atoms with E-state index in [1.807, 2.05) is 26.0 Å². The largest absolute Gasteiger partial charge is 0.377 e. The Bertz CT molecular complexity index is 805. The molecule has 2 aromatic rings. The molecule has 8 heteroatoms. The predicted octanol–water partition coefficient (Wildman–Crippen LogP) is 2.04. The fourth-order valence-electron chi connectivity index (χ4n) is 2.96. The molecule has 1 aromatic carbocycles. The molecule has 1 aliphatic heterocycles. The number of benzene rings is 1. The molecule has 2 heterocycles. The van der Waals surface area contributed by atoms with Gasteiger partial charge in [-0.05, 0) is 44.4 Å². The van der Waals surface area contributed by atoms with Crippen molar-refractivity contribution in [3.63, 3.8) is 0 Å². The number of ether oxygens (including phenoxy) is 1. The number of nitrogens with one attached hydrogen (secondary N) is 2. The summed E-state index contributed by atoms with van der Waals surface area (Å²) in [4.78, 5) is 0.268. The number of aryl methyl sites for hydroxylation is 2. The minimum absolute atomic E-state index is 0.0161. The second-order valence-electron chi connectivity index (χ2n) is 6.54. The van der Waals surface area contributed by atoms with Gasteiger partial charge >= 0.3 is 0 Å². The molecule has 0 amide bonds. The van der Waals surface area contributed by atoms with E-state index < -0.39 is 10.0 Å². The van der Waals surface area contributed by atoms with E-state index in [1.165, 1.54) is 0 Å². The third-order valence-electron chi connectivity index (χ3n) is 4.57. The van der Waals surface area contributed by atoms with Crippen molar-refractivity contribution in [2.45, 2.75) is 50.8 Å². The molecular formula is C18H25N3O4S. The van der Waals surface area contributed by atoms with Crippen LogP contribution in [0.4, 0.5) is 0 Å². The van der Waals surface area contributed by atoms with Crippen molar-refractivity contribution in [1.82, 2.24) is 15.2 Å². The van der Waals surface area contributed by atoms with Gasteiger partial charge in [0.25, 0.3) is 0 Å². The first kappa shape index (κ1) is 19.0. The summed E-state index contributed by atoms with van der Waals surface area (Å²) in [5.74, 6) is 0.814. The molecule has 7 nitrogen and oxygen atoms in total. The Labute approximate surface area is 154 Å². The molecule has 3 rings (SSSR count). The van der Waals surface area contributed by atoms with Crippen molar-refractivity contribution in [3.8, 4) is 0 Å². The van der Waals surface area contributed by atoms with E-state index in [1.54, 1.807) is 12.1 Å². The number of hydrogen-bond donors (Lipinski definition) is 2. The van der Waals surface area contributed by atoms with Crippen LogP contribution >= 0.6 is 0 Å². The highest BCUT2D eigenvalue weighted by Crippen LogP contribution is 2.15. The van der Waals surface area contributed by atoms with Crippen molar-refractivity contribution in [3.05, 3.63) is 46.8 Å². The van der Waals surface area contributed by atoms with E-state index >= 15 is 0 Å². The first-order chi connectivity index (χ1) is 12.5. The van der Waals surface area contributed by atoms with E-state index in [0.717, 1.165) is 35.4 Å². The van der Waals surface area contributed by atoms with Crippen LogP contribution in [0.2, 0.25) is 0 Å². The number of hydrogen-bond acceptors (Lipinski definition) is 6. The lowest BCUT2D eigenvalue weighted by molar-refractivity contribution is 0.114. The number of nitrogens with zero attached hydrogens (tertiary/aromatic N) is 1. The Morgan fingerprint density at radius 2 is 1.96 bits per heavy atom. The molecule has 26 heavy (non-hydrogen) atoms. The zero-order chi connectivity index (χ0) is 18.6. The topological polar surface area (TPSA) is 93.5 Å². The number of sulfonamides is 1.